The van der Waals surface area contributed by atoms with Crippen LogP contribution in [-0.4, -0.2) is 21.6 Å². The molecule has 1 amide bonds. The minimum absolute atomic E-state index is 0.0295. The molecule has 1 aliphatic carbocycles. The second kappa shape index (κ2) is 7.78. The van der Waals surface area contributed by atoms with Crippen molar-refractivity contribution in [3.05, 3.63) is 35.8 Å². The lowest BCUT2D eigenvalue weighted by Gasteiger charge is -2.32. The van der Waals surface area contributed by atoms with E-state index in [9.17, 15) is 14.3 Å². The normalized spacial score (nSPS) is 15.5. The average molecular weight is 347 g/mol. The number of benzene rings is 1. The predicted octanol–water partition coefficient (Wildman–Crippen LogP) is 3.39. The molecule has 0 bridgehead atoms. The number of halogens is 1. The molecule has 3 rings (SSSR count). The Morgan fingerprint density at radius 1 is 1.24 bits per heavy atom. The number of nitrogen functional groups attached to an aromatic ring is 1. The zero-order chi connectivity index (χ0) is 18.6. The monoisotopic (exact) mass is 347 g/mol. The van der Waals surface area contributed by atoms with E-state index >= 15 is 0 Å². The number of hydrogen-bond acceptors (Lipinski definition) is 4. The molecular formula is C19H26FN3O2. The molecule has 136 valence electrons. The predicted molar refractivity (Wildman–Crippen MR) is 97.5 cm³/mol. The van der Waals surface area contributed by atoms with E-state index in [1.54, 1.807) is 0 Å². The number of primary amides is 1. The molecule has 1 heterocycles. The minimum Gasteiger partial charge on any atom is -0.396 e. The molecule has 0 spiro atoms. The maximum absolute atomic E-state index is 13.1. The smallest absolute Gasteiger partial charge is 0.250 e. The number of nitrogens with zero attached hydrogens (tertiary/aromatic N) is 1. The molecule has 0 saturated heterocycles. The van der Waals surface area contributed by atoms with Crippen LogP contribution < -0.4 is 11.5 Å². The Hall–Kier alpha value is -2.21. The first-order valence-corrected chi connectivity index (χ1v) is 8.55. The summed E-state index contributed by atoms with van der Waals surface area (Å²) in [6.45, 7) is 3.87. The summed E-state index contributed by atoms with van der Waals surface area (Å²) in [5, 5.41) is 10.1. The number of nitrogens with two attached hydrogens (primary N) is 2. The zero-order valence-corrected chi connectivity index (χ0v) is 14.8. The van der Waals surface area contributed by atoms with E-state index in [1.165, 1.54) is 56.5 Å². The summed E-state index contributed by atoms with van der Waals surface area (Å²) in [6.07, 6.45) is 7.78. The molecule has 1 fully saturated rings. The number of fused-ring (bicyclic) bond motifs is 1. The molecular weight excluding hydrogens is 321 g/mol. The third-order valence-electron chi connectivity index (χ3n) is 4.69. The zero-order valence-electron chi connectivity index (χ0n) is 14.8. The van der Waals surface area contributed by atoms with Crippen molar-refractivity contribution in [1.82, 2.24) is 4.98 Å². The van der Waals surface area contributed by atoms with Crippen molar-refractivity contribution < 1.29 is 14.3 Å². The summed E-state index contributed by atoms with van der Waals surface area (Å²) in [4.78, 5) is 14.8. The van der Waals surface area contributed by atoms with Gasteiger partial charge in [0, 0.05) is 11.6 Å². The lowest BCUT2D eigenvalue weighted by molar-refractivity contribution is 0.000831. The topological polar surface area (TPSA) is 102 Å². The molecule has 25 heavy (non-hydrogen) atoms. The SMILES string of the molecule is CC(C)(O)C1CCCCC1.NC(=O)c1cnc2cc(N)c(F)cc2c1. The fourth-order valence-electron chi connectivity index (χ4n) is 3.11. The Balaban J connectivity index is 0.000000196. The van der Waals surface area contributed by atoms with Crippen LogP contribution in [0, 0.1) is 11.7 Å². The van der Waals surface area contributed by atoms with Gasteiger partial charge in [0.2, 0.25) is 5.91 Å². The number of anilines is 1. The number of rotatable bonds is 2. The molecule has 2 aromatic rings. The van der Waals surface area contributed by atoms with E-state index in [2.05, 4.69) is 4.98 Å². The second-order valence-corrected chi connectivity index (χ2v) is 7.14. The molecule has 0 unspecified atom stereocenters. The Morgan fingerprint density at radius 2 is 1.88 bits per heavy atom. The Bertz CT molecular complexity index is 750. The van der Waals surface area contributed by atoms with Gasteiger partial charge in [0.15, 0.2) is 0 Å². The van der Waals surface area contributed by atoms with E-state index in [1.807, 2.05) is 13.8 Å². The largest absolute Gasteiger partial charge is 0.396 e. The van der Waals surface area contributed by atoms with Crippen LogP contribution in [0.5, 0.6) is 0 Å². The van der Waals surface area contributed by atoms with E-state index in [4.69, 9.17) is 11.5 Å². The maximum atomic E-state index is 13.1. The van der Waals surface area contributed by atoms with Crippen LogP contribution >= 0.6 is 0 Å². The Morgan fingerprint density at radius 3 is 2.40 bits per heavy atom. The highest BCUT2D eigenvalue weighted by Crippen LogP contribution is 2.31. The van der Waals surface area contributed by atoms with Crippen molar-refractivity contribution in [2.75, 3.05) is 5.73 Å². The van der Waals surface area contributed by atoms with E-state index in [-0.39, 0.29) is 11.3 Å². The van der Waals surface area contributed by atoms with Gasteiger partial charge in [-0.1, -0.05) is 19.3 Å². The molecule has 5 N–H and O–H groups in total. The highest BCUT2D eigenvalue weighted by atomic mass is 19.1. The van der Waals surface area contributed by atoms with Crippen LogP contribution in [0.2, 0.25) is 0 Å². The van der Waals surface area contributed by atoms with Gasteiger partial charge in [-0.3, -0.25) is 9.78 Å². The van der Waals surface area contributed by atoms with Gasteiger partial charge >= 0.3 is 0 Å². The lowest BCUT2D eigenvalue weighted by Crippen LogP contribution is -2.32. The second-order valence-electron chi connectivity index (χ2n) is 7.14. The quantitative estimate of drug-likeness (QED) is 0.725. The van der Waals surface area contributed by atoms with E-state index in [0.717, 1.165) is 0 Å². The lowest BCUT2D eigenvalue weighted by atomic mass is 9.79. The van der Waals surface area contributed by atoms with Crippen LogP contribution in [0.3, 0.4) is 0 Å². The third-order valence-corrected chi connectivity index (χ3v) is 4.69. The molecule has 0 aliphatic heterocycles. The van der Waals surface area contributed by atoms with Gasteiger partial charge < -0.3 is 16.6 Å². The summed E-state index contributed by atoms with van der Waals surface area (Å²) in [5.41, 5.74) is 10.8. The summed E-state index contributed by atoms with van der Waals surface area (Å²) in [6, 6.07) is 4.12. The van der Waals surface area contributed by atoms with Crippen LogP contribution in [0.4, 0.5) is 10.1 Å². The van der Waals surface area contributed by atoms with Crippen molar-refractivity contribution in [3.8, 4) is 0 Å². The fraction of sp³-hybridized carbons (Fsp3) is 0.474. The third kappa shape index (κ3) is 5.13. The number of carbonyl (C=O) groups is 1. The number of hydrogen-bond donors (Lipinski definition) is 3. The molecule has 1 aromatic carbocycles. The summed E-state index contributed by atoms with van der Waals surface area (Å²) < 4.78 is 13.1. The average Bonchev–Trinajstić information content (AvgIpc) is 2.56. The number of aliphatic hydroxyl groups is 1. The van der Waals surface area contributed by atoms with Gasteiger partial charge in [-0.2, -0.15) is 0 Å². The van der Waals surface area contributed by atoms with Crippen molar-refractivity contribution in [2.24, 2.45) is 11.7 Å². The fourth-order valence-corrected chi connectivity index (χ4v) is 3.11. The minimum atomic E-state index is -0.596. The first-order valence-electron chi connectivity index (χ1n) is 8.55. The number of aromatic nitrogens is 1. The number of pyridine rings is 1. The Labute approximate surface area is 147 Å². The van der Waals surface area contributed by atoms with Gasteiger partial charge in [-0.15, -0.1) is 0 Å². The highest BCUT2D eigenvalue weighted by molar-refractivity contribution is 5.96. The summed E-state index contributed by atoms with van der Waals surface area (Å²) in [5.74, 6) is -0.575. The van der Waals surface area contributed by atoms with Crippen LogP contribution in [0.15, 0.2) is 24.4 Å². The van der Waals surface area contributed by atoms with Gasteiger partial charge in [-0.05, 0) is 50.8 Å². The van der Waals surface area contributed by atoms with Gasteiger partial charge in [0.1, 0.15) is 5.82 Å². The first kappa shape index (κ1) is 19.1. The van der Waals surface area contributed by atoms with Crippen molar-refractivity contribution in [1.29, 1.82) is 0 Å². The molecule has 1 aliphatic rings. The number of carbonyl (C=O) groups excluding carboxylic acids is 1. The van der Waals surface area contributed by atoms with Crippen molar-refractivity contribution in [2.45, 2.75) is 51.6 Å². The standard InChI is InChI=1S/C10H8FN3O.C9H18O/c11-7-2-5-1-6(10(13)15)4-14-9(5)3-8(7)12;1-9(2,10)8-6-4-3-5-7-8/h1-4H,12H2,(H2,13,15);8,10H,3-7H2,1-2H3. The molecule has 0 atom stereocenters. The van der Waals surface area contributed by atoms with Crippen LogP contribution in [-0.2, 0) is 0 Å². The van der Waals surface area contributed by atoms with Crippen molar-refractivity contribution in [3.63, 3.8) is 0 Å². The summed E-state index contributed by atoms with van der Waals surface area (Å²) in [7, 11) is 0. The van der Waals surface area contributed by atoms with E-state index in [0.29, 0.717) is 16.8 Å². The Kier molecular flexibility index (Phi) is 5.95. The summed E-state index contributed by atoms with van der Waals surface area (Å²) >= 11 is 0. The first-order chi connectivity index (χ1) is 11.7. The molecule has 5 nitrogen and oxygen atoms in total. The molecule has 1 aromatic heterocycles. The van der Waals surface area contributed by atoms with Gasteiger partial charge in [0.25, 0.3) is 0 Å². The highest BCUT2D eigenvalue weighted by Gasteiger charge is 2.27. The van der Waals surface area contributed by atoms with Crippen molar-refractivity contribution >= 4 is 22.5 Å². The van der Waals surface area contributed by atoms with Crippen LogP contribution in [0.1, 0.15) is 56.3 Å². The van der Waals surface area contributed by atoms with Gasteiger partial charge in [-0.25, -0.2) is 4.39 Å². The van der Waals surface area contributed by atoms with Gasteiger partial charge in [0.05, 0.1) is 22.4 Å². The number of amides is 1. The molecule has 1 saturated carbocycles. The molecule has 6 heteroatoms. The molecule has 0 radical (unpaired) electrons. The van der Waals surface area contributed by atoms with E-state index < -0.39 is 17.3 Å². The van der Waals surface area contributed by atoms with Crippen LogP contribution in [0.25, 0.3) is 10.9 Å². The maximum Gasteiger partial charge on any atom is 0.250 e.